The molecule has 0 amide bonds. The molecule has 4 aromatic rings. The standard InChI is InChI=1S/C25H20F3N5S/c26-25(27,28)18-5-3-6-19(15-18)32-14-4-8-21(32)23-22(20-7-1-2-11-30-20)31-24(34)33(23)16-17-9-12-29-13-10-17/h1-15,22-23H,16H2,(H,31,34)/t22-,23-/m1/s1. The molecule has 0 saturated carbocycles. The van der Waals surface area contributed by atoms with E-state index in [1.54, 1.807) is 35.4 Å². The molecule has 1 aliphatic rings. The zero-order valence-electron chi connectivity index (χ0n) is 17.9. The van der Waals surface area contributed by atoms with E-state index in [0.717, 1.165) is 29.1 Å². The van der Waals surface area contributed by atoms with Crippen LogP contribution in [0.5, 0.6) is 0 Å². The monoisotopic (exact) mass is 479 g/mol. The minimum absolute atomic E-state index is 0.282. The Bertz CT molecular complexity index is 1290. The van der Waals surface area contributed by atoms with E-state index < -0.39 is 11.7 Å². The van der Waals surface area contributed by atoms with Crippen LogP contribution in [0.4, 0.5) is 13.2 Å². The highest BCUT2D eigenvalue weighted by Crippen LogP contribution is 2.40. The van der Waals surface area contributed by atoms with Gasteiger partial charge in [0.05, 0.1) is 23.3 Å². The lowest BCUT2D eigenvalue weighted by Gasteiger charge is -2.29. The number of nitrogens with one attached hydrogen (secondary N) is 1. The van der Waals surface area contributed by atoms with E-state index in [1.165, 1.54) is 6.07 Å². The maximum atomic E-state index is 13.4. The van der Waals surface area contributed by atoms with Crippen molar-refractivity contribution >= 4 is 17.3 Å². The molecule has 5 rings (SSSR count). The van der Waals surface area contributed by atoms with Crippen LogP contribution in [0.25, 0.3) is 5.69 Å². The van der Waals surface area contributed by atoms with Crippen LogP contribution in [-0.2, 0) is 12.7 Å². The van der Waals surface area contributed by atoms with E-state index in [4.69, 9.17) is 12.2 Å². The minimum Gasteiger partial charge on any atom is -0.352 e. The Balaban J connectivity index is 1.60. The average molecular weight is 480 g/mol. The first-order valence-electron chi connectivity index (χ1n) is 10.6. The lowest BCUT2D eigenvalue weighted by atomic mass is 10.0. The molecule has 1 saturated heterocycles. The highest BCUT2D eigenvalue weighted by atomic mass is 32.1. The third kappa shape index (κ3) is 4.26. The van der Waals surface area contributed by atoms with Crippen molar-refractivity contribution in [2.24, 2.45) is 0 Å². The summed E-state index contributed by atoms with van der Waals surface area (Å²) in [5, 5.41) is 3.93. The molecule has 1 N–H and O–H groups in total. The lowest BCUT2D eigenvalue weighted by molar-refractivity contribution is -0.137. The predicted octanol–water partition coefficient (Wildman–Crippen LogP) is 5.46. The summed E-state index contributed by atoms with van der Waals surface area (Å²) in [7, 11) is 0. The molecule has 9 heteroatoms. The normalized spacial score (nSPS) is 18.2. The Labute approximate surface area is 199 Å². The van der Waals surface area contributed by atoms with Gasteiger partial charge in [-0.3, -0.25) is 9.97 Å². The van der Waals surface area contributed by atoms with Crippen LogP contribution < -0.4 is 5.32 Å². The second-order valence-electron chi connectivity index (χ2n) is 7.96. The number of aromatic nitrogens is 3. The Morgan fingerprint density at radius 3 is 2.50 bits per heavy atom. The molecule has 3 aromatic heterocycles. The Morgan fingerprint density at radius 2 is 1.76 bits per heavy atom. The van der Waals surface area contributed by atoms with Crippen LogP contribution >= 0.6 is 12.2 Å². The maximum Gasteiger partial charge on any atom is 0.416 e. The third-order valence-electron chi connectivity index (χ3n) is 5.84. The van der Waals surface area contributed by atoms with Gasteiger partial charge in [-0.25, -0.2) is 0 Å². The van der Waals surface area contributed by atoms with Crippen molar-refractivity contribution in [1.29, 1.82) is 0 Å². The zero-order chi connectivity index (χ0) is 23.7. The molecule has 172 valence electrons. The van der Waals surface area contributed by atoms with E-state index >= 15 is 0 Å². The van der Waals surface area contributed by atoms with Gasteiger partial charge in [-0.1, -0.05) is 12.1 Å². The van der Waals surface area contributed by atoms with Gasteiger partial charge < -0.3 is 14.8 Å². The first kappa shape index (κ1) is 22.1. The van der Waals surface area contributed by atoms with Crippen molar-refractivity contribution in [2.45, 2.75) is 24.8 Å². The second kappa shape index (κ2) is 8.90. The number of alkyl halides is 3. The lowest BCUT2D eigenvalue weighted by Crippen LogP contribution is -2.30. The molecule has 1 aliphatic heterocycles. The number of rotatable bonds is 5. The first-order chi connectivity index (χ1) is 16.4. The Morgan fingerprint density at radius 1 is 0.941 bits per heavy atom. The topological polar surface area (TPSA) is 46.0 Å². The van der Waals surface area contributed by atoms with Crippen molar-refractivity contribution in [2.75, 3.05) is 0 Å². The molecule has 5 nitrogen and oxygen atoms in total. The Hall–Kier alpha value is -3.72. The number of hydrogen-bond donors (Lipinski definition) is 1. The van der Waals surface area contributed by atoms with Gasteiger partial charge in [0.25, 0.3) is 0 Å². The molecule has 0 radical (unpaired) electrons. The molecule has 4 heterocycles. The number of benzene rings is 1. The Kier molecular flexibility index (Phi) is 5.79. The van der Waals surface area contributed by atoms with Gasteiger partial charge in [-0.15, -0.1) is 0 Å². The summed E-state index contributed by atoms with van der Waals surface area (Å²) in [5.74, 6) is 0. The molecular formula is C25H20F3N5S. The van der Waals surface area contributed by atoms with Gasteiger partial charge in [-0.2, -0.15) is 13.2 Å². The van der Waals surface area contributed by atoms with Crippen molar-refractivity contribution < 1.29 is 13.2 Å². The van der Waals surface area contributed by atoms with Crippen molar-refractivity contribution in [3.05, 3.63) is 114 Å². The van der Waals surface area contributed by atoms with Crippen LogP contribution in [0.1, 0.15) is 34.6 Å². The number of thiocarbonyl (C=S) groups is 1. The zero-order valence-corrected chi connectivity index (χ0v) is 18.7. The number of pyridine rings is 2. The van der Waals surface area contributed by atoms with Crippen molar-refractivity contribution in [1.82, 2.24) is 24.8 Å². The molecule has 0 aliphatic carbocycles. The van der Waals surface area contributed by atoms with Crippen LogP contribution in [0.15, 0.2) is 91.5 Å². The van der Waals surface area contributed by atoms with E-state index in [1.807, 2.05) is 47.4 Å². The SMILES string of the molecule is FC(F)(F)c1cccc(-n2cccc2[C@@H]2[C@@H](c3ccccn3)NC(=S)N2Cc2ccncc2)c1. The van der Waals surface area contributed by atoms with E-state index in [9.17, 15) is 13.2 Å². The van der Waals surface area contributed by atoms with Crippen LogP contribution in [0, 0.1) is 0 Å². The van der Waals surface area contributed by atoms with Crippen molar-refractivity contribution in [3.8, 4) is 5.69 Å². The van der Waals surface area contributed by atoms with Gasteiger partial charge >= 0.3 is 6.18 Å². The fraction of sp³-hybridized carbons (Fsp3) is 0.160. The second-order valence-corrected chi connectivity index (χ2v) is 8.35. The molecule has 0 spiro atoms. The molecule has 2 atom stereocenters. The third-order valence-corrected chi connectivity index (χ3v) is 6.19. The average Bonchev–Trinajstić information content (AvgIpc) is 3.45. The molecule has 1 fully saturated rings. The minimum atomic E-state index is -4.43. The highest BCUT2D eigenvalue weighted by Gasteiger charge is 2.41. The van der Waals surface area contributed by atoms with Gasteiger partial charge in [0.15, 0.2) is 5.11 Å². The first-order valence-corrected chi connectivity index (χ1v) is 11.0. The fourth-order valence-electron chi connectivity index (χ4n) is 4.28. The van der Waals surface area contributed by atoms with Crippen molar-refractivity contribution in [3.63, 3.8) is 0 Å². The van der Waals surface area contributed by atoms with Gasteiger partial charge in [0.2, 0.25) is 0 Å². The molecule has 0 bridgehead atoms. The van der Waals surface area contributed by atoms with E-state index in [-0.39, 0.29) is 12.1 Å². The molecule has 0 unspecified atom stereocenters. The summed E-state index contributed by atoms with van der Waals surface area (Å²) >= 11 is 5.71. The molecule has 1 aromatic carbocycles. The van der Waals surface area contributed by atoms with Gasteiger partial charge in [0, 0.05) is 42.7 Å². The van der Waals surface area contributed by atoms with E-state index in [2.05, 4.69) is 15.3 Å². The summed E-state index contributed by atoms with van der Waals surface area (Å²) in [6, 6.07) is 18.0. The molecular weight excluding hydrogens is 459 g/mol. The molecule has 34 heavy (non-hydrogen) atoms. The van der Waals surface area contributed by atoms with Gasteiger partial charge in [-0.05, 0) is 72.4 Å². The van der Waals surface area contributed by atoms with Gasteiger partial charge in [0.1, 0.15) is 0 Å². The predicted molar refractivity (Wildman–Crippen MR) is 126 cm³/mol. The summed E-state index contributed by atoms with van der Waals surface area (Å²) in [6.45, 7) is 0.510. The number of halogens is 3. The maximum absolute atomic E-state index is 13.4. The quantitative estimate of drug-likeness (QED) is 0.385. The van der Waals surface area contributed by atoms with Crippen LogP contribution in [0.3, 0.4) is 0 Å². The summed E-state index contributed by atoms with van der Waals surface area (Å²) in [4.78, 5) is 10.7. The fourth-order valence-corrected chi connectivity index (χ4v) is 4.59. The largest absolute Gasteiger partial charge is 0.416 e. The summed E-state index contributed by atoms with van der Waals surface area (Å²) in [6.07, 6.45) is 2.50. The van der Waals surface area contributed by atoms with Crippen LogP contribution in [0.2, 0.25) is 0 Å². The highest BCUT2D eigenvalue weighted by molar-refractivity contribution is 7.80. The van der Waals surface area contributed by atoms with E-state index in [0.29, 0.717) is 17.3 Å². The number of nitrogens with zero attached hydrogens (tertiary/aromatic N) is 4. The summed E-state index contributed by atoms with van der Waals surface area (Å²) < 4.78 is 42.0. The smallest absolute Gasteiger partial charge is 0.352 e. The summed E-state index contributed by atoms with van der Waals surface area (Å²) in [5.41, 5.74) is 2.35. The number of hydrogen-bond acceptors (Lipinski definition) is 3. The van der Waals surface area contributed by atoms with Crippen LogP contribution in [-0.4, -0.2) is 24.5 Å².